The van der Waals surface area contributed by atoms with Gasteiger partial charge in [-0.15, -0.1) is 0 Å². The van der Waals surface area contributed by atoms with Gasteiger partial charge < -0.3 is 24.5 Å². The fraction of sp³-hybridized carbons (Fsp3) is 0.233. The van der Waals surface area contributed by atoms with Crippen molar-refractivity contribution in [3.63, 3.8) is 0 Å². The first kappa shape index (κ1) is 30.3. The van der Waals surface area contributed by atoms with Crippen LogP contribution in [0.15, 0.2) is 87.0 Å². The summed E-state index contributed by atoms with van der Waals surface area (Å²) >= 11 is 1.06. The van der Waals surface area contributed by atoms with Crippen molar-refractivity contribution < 1.29 is 50.3 Å². The zero-order valence-electron chi connectivity index (χ0n) is 21.8. The van der Waals surface area contributed by atoms with Crippen molar-refractivity contribution in [2.24, 2.45) is 4.99 Å². The average Bonchev–Trinajstić information content (AvgIpc) is 3.00. The van der Waals surface area contributed by atoms with Gasteiger partial charge in [-0.2, -0.15) is 0 Å². The Balaban J connectivity index is 0.000000208. The van der Waals surface area contributed by atoms with Crippen molar-refractivity contribution in [3.05, 3.63) is 88.6 Å². The Hall–Kier alpha value is -4.21. The number of rotatable bonds is 5. The van der Waals surface area contributed by atoms with Gasteiger partial charge in [-0.3, -0.25) is 9.79 Å². The molecule has 40 heavy (non-hydrogen) atoms. The van der Waals surface area contributed by atoms with Crippen LogP contribution in [0, 0.1) is 0 Å². The second-order valence-electron chi connectivity index (χ2n) is 9.02. The molecule has 0 atom stereocenters. The van der Waals surface area contributed by atoms with Crippen molar-refractivity contribution in [3.8, 4) is 28.6 Å². The number of benzene rings is 3. The topological polar surface area (TPSA) is 147 Å². The number of carbonyl (C=O) groups is 1. The minimum absolute atomic E-state index is 0.0184. The van der Waals surface area contributed by atoms with E-state index in [1.807, 2.05) is 18.2 Å². The third-order valence-corrected chi connectivity index (χ3v) is 6.59. The zero-order chi connectivity index (χ0) is 29.1. The number of hydrogen-bond acceptors (Lipinski definition) is 8. The molecule has 1 aromatic heterocycles. The van der Waals surface area contributed by atoms with Gasteiger partial charge in [0.1, 0.15) is 5.58 Å². The van der Waals surface area contributed by atoms with Crippen LogP contribution in [0.1, 0.15) is 37.7 Å². The molecule has 1 saturated carbocycles. The van der Waals surface area contributed by atoms with Gasteiger partial charge in [-0.25, -0.2) is 4.79 Å². The van der Waals surface area contributed by atoms with E-state index in [-0.39, 0.29) is 17.3 Å². The van der Waals surface area contributed by atoms with E-state index in [4.69, 9.17) is 12.8 Å². The molecule has 5 rings (SSSR count). The fourth-order valence-corrected chi connectivity index (χ4v) is 4.45. The van der Waals surface area contributed by atoms with E-state index in [2.05, 4.69) is 4.99 Å². The average molecular weight is 583 g/mol. The summed E-state index contributed by atoms with van der Waals surface area (Å²) in [5, 5.41) is 29.7. The SMILES string of the molecule is COc1cccc(C=NC2(C(=O)O)CCCCC2)c1O.O=c1c(O)c(-c2ccccc2)oc2ccccc12.[O]=[V]. The normalized spacial score (nSPS) is 13.9. The quantitative estimate of drug-likeness (QED) is 0.256. The zero-order valence-corrected chi connectivity index (χ0v) is 23.2. The number of aromatic hydroxyl groups is 2. The molecule has 4 aromatic rings. The van der Waals surface area contributed by atoms with Crippen LogP contribution in [0.25, 0.3) is 22.3 Å². The predicted octanol–water partition coefficient (Wildman–Crippen LogP) is 5.65. The molecule has 3 aromatic carbocycles. The Kier molecular flexibility index (Phi) is 10.8. The van der Waals surface area contributed by atoms with E-state index >= 15 is 0 Å². The van der Waals surface area contributed by atoms with Crippen molar-refractivity contribution in [2.45, 2.75) is 37.6 Å². The summed E-state index contributed by atoms with van der Waals surface area (Å²) < 4.78 is 18.8. The molecule has 0 saturated heterocycles. The Labute approximate surface area is 240 Å². The van der Waals surface area contributed by atoms with Crippen LogP contribution in [-0.2, 0) is 25.8 Å². The summed E-state index contributed by atoms with van der Waals surface area (Å²) in [6.45, 7) is 0. The summed E-state index contributed by atoms with van der Waals surface area (Å²) in [4.78, 5) is 27.8. The van der Waals surface area contributed by atoms with Gasteiger partial charge in [-0.1, -0.05) is 67.8 Å². The molecule has 1 fully saturated rings. The molecule has 1 heterocycles. The first-order chi connectivity index (χ1) is 19.4. The number of methoxy groups -OCH3 is 1. The van der Waals surface area contributed by atoms with E-state index in [1.54, 1.807) is 54.6 Å². The van der Waals surface area contributed by atoms with E-state index < -0.39 is 16.9 Å². The molecule has 9 nitrogen and oxygen atoms in total. The van der Waals surface area contributed by atoms with Gasteiger partial charge in [0.15, 0.2) is 22.8 Å². The first-order valence-corrected chi connectivity index (χ1v) is 13.1. The Morgan fingerprint density at radius 1 is 0.925 bits per heavy atom. The molecular weight excluding hydrogens is 553 g/mol. The van der Waals surface area contributed by atoms with Crippen LogP contribution in [0.4, 0.5) is 0 Å². The third kappa shape index (κ3) is 6.86. The fourth-order valence-electron chi connectivity index (χ4n) is 4.45. The number of hydrogen-bond donors (Lipinski definition) is 3. The van der Waals surface area contributed by atoms with Crippen LogP contribution in [-0.4, -0.2) is 40.2 Å². The molecule has 3 N–H and O–H groups in total. The second-order valence-corrected chi connectivity index (χ2v) is 9.02. The minimum atomic E-state index is -1.05. The van der Waals surface area contributed by atoms with Gasteiger partial charge in [-0.05, 0) is 37.1 Å². The Morgan fingerprint density at radius 3 is 2.23 bits per heavy atom. The van der Waals surface area contributed by atoms with Crippen LogP contribution in [0.3, 0.4) is 0 Å². The third-order valence-electron chi connectivity index (χ3n) is 6.59. The molecule has 0 amide bonds. The molecule has 0 spiro atoms. The van der Waals surface area contributed by atoms with Crippen LogP contribution in [0.5, 0.6) is 17.2 Å². The summed E-state index contributed by atoms with van der Waals surface area (Å²) in [5.41, 5.74) is 0.163. The monoisotopic (exact) mass is 582 g/mol. The number of ether oxygens (including phenoxy) is 1. The number of fused-ring (bicyclic) bond motifs is 1. The molecule has 10 heteroatoms. The van der Waals surface area contributed by atoms with Crippen LogP contribution < -0.4 is 10.2 Å². The molecule has 0 bridgehead atoms. The summed E-state index contributed by atoms with van der Waals surface area (Å²) in [6, 6.07) is 21.0. The molecule has 0 unspecified atom stereocenters. The molecular formula is C30H29NO8V. The van der Waals surface area contributed by atoms with Crippen LogP contribution in [0.2, 0.25) is 0 Å². The molecule has 1 aliphatic rings. The number of phenolic OH excluding ortho intramolecular Hbond substituents is 1. The Morgan fingerprint density at radius 2 is 1.57 bits per heavy atom. The summed E-state index contributed by atoms with van der Waals surface area (Å²) in [6.07, 6.45) is 5.32. The number of nitrogens with zero attached hydrogens (tertiary/aromatic N) is 1. The van der Waals surface area contributed by atoms with Gasteiger partial charge in [0.05, 0.1) is 12.5 Å². The molecule has 0 radical (unpaired) electrons. The second kappa shape index (κ2) is 14.3. The van der Waals surface area contributed by atoms with E-state index in [9.17, 15) is 24.9 Å². The predicted molar refractivity (Wildman–Crippen MR) is 146 cm³/mol. The van der Waals surface area contributed by atoms with Gasteiger partial charge in [0.2, 0.25) is 11.2 Å². The van der Waals surface area contributed by atoms with Crippen molar-refractivity contribution in [1.29, 1.82) is 0 Å². The van der Waals surface area contributed by atoms with E-state index in [0.717, 1.165) is 36.6 Å². The number of para-hydroxylation sites is 2. The van der Waals surface area contributed by atoms with Crippen molar-refractivity contribution in [1.82, 2.24) is 0 Å². The standard InChI is InChI=1S/C15H19NO4.C15H10O3.O.V/c1-20-12-7-5-6-11(13(12)17)10-16-15(14(18)19)8-3-2-4-9-15;16-13-11-8-4-5-9-12(11)18-15(14(13)17)10-6-2-1-3-7-10;;/h5-7,10,17H,2-4,8-9H2,1H3,(H,18,19);1-9,17H;;. The van der Waals surface area contributed by atoms with Crippen molar-refractivity contribution >= 4 is 23.2 Å². The Bertz CT molecular complexity index is 1530. The number of aliphatic imine (C=N–C) groups is 1. The van der Waals surface area contributed by atoms with E-state index in [1.165, 1.54) is 13.3 Å². The van der Waals surface area contributed by atoms with E-state index in [0.29, 0.717) is 40.7 Å². The van der Waals surface area contributed by atoms with Gasteiger partial charge in [0, 0.05) is 17.3 Å². The molecule has 0 aliphatic heterocycles. The number of carboxylic acids is 1. The van der Waals surface area contributed by atoms with Gasteiger partial charge in [0.25, 0.3) is 0 Å². The summed E-state index contributed by atoms with van der Waals surface area (Å²) in [7, 11) is 1.47. The maximum absolute atomic E-state index is 12.0. The molecule has 1 aliphatic carbocycles. The maximum atomic E-state index is 12.0. The van der Waals surface area contributed by atoms with Gasteiger partial charge >= 0.3 is 27.0 Å². The van der Waals surface area contributed by atoms with Crippen LogP contribution >= 0.6 is 0 Å². The summed E-state index contributed by atoms with van der Waals surface area (Å²) in [5.74, 6) is -0.702. The first-order valence-electron chi connectivity index (χ1n) is 12.5. The molecule has 207 valence electrons. The number of carboxylic acid groups (broad SMARTS) is 1. The number of phenols is 1. The number of aliphatic carboxylic acids is 1. The van der Waals surface area contributed by atoms with Crippen molar-refractivity contribution in [2.75, 3.05) is 7.11 Å².